The number of carbonyl (C=O) groups is 2. The summed E-state index contributed by atoms with van der Waals surface area (Å²) < 4.78 is 4.70. The minimum Gasteiger partial charge on any atom is -0.465 e. The van der Waals surface area contributed by atoms with E-state index in [0.29, 0.717) is 32.2 Å². The highest BCUT2D eigenvalue weighted by molar-refractivity contribution is 5.79. The van der Waals surface area contributed by atoms with Crippen LogP contribution in [0.3, 0.4) is 0 Å². The molecule has 0 spiro atoms. The average Bonchev–Trinajstić information content (AvgIpc) is 1.95. The Morgan fingerprint density at radius 2 is 2.00 bits per heavy atom. The van der Waals surface area contributed by atoms with Crippen molar-refractivity contribution in [2.45, 2.75) is 31.8 Å². The van der Waals surface area contributed by atoms with Gasteiger partial charge in [0.2, 0.25) is 0 Å². The van der Waals surface area contributed by atoms with Crippen LogP contribution in [0.4, 0.5) is 0 Å². The van der Waals surface area contributed by atoms with E-state index in [2.05, 4.69) is 0 Å². The molecular formula is C7H10O3. The standard InChI is InChI=1S/C7H10O3/c8-5-10-7-3-1-6(9)2-4-7/h5,7H,1-4H2. The average molecular weight is 142 g/mol. The normalized spacial score (nSPS) is 20.6. The molecule has 1 aliphatic rings. The minimum atomic E-state index is -0.00444. The molecule has 0 radical (unpaired) electrons. The summed E-state index contributed by atoms with van der Waals surface area (Å²) in [5.74, 6) is 0.283. The van der Waals surface area contributed by atoms with Crippen LogP contribution < -0.4 is 0 Å². The van der Waals surface area contributed by atoms with Gasteiger partial charge in [0.05, 0.1) is 0 Å². The first-order valence-electron chi connectivity index (χ1n) is 3.43. The van der Waals surface area contributed by atoms with Crippen LogP contribution in [0.5, 0.6) is 0 Å². The molecule has 1 saturated carbocycles. The minimum absolute atomic E-state index is 0.00444. The van der Waals surface area contributed by atoms with Crippen LogP contribution in [0, 0.1) is 0 Å². The van der Waals surface area contributed by atoms with E-state index in [1.54, 1.807) is 0 Å². The molecule has 0 heterocycles. The number of ether oxygens (including phenoxy) is 1. The van der Waals surface area contributed by atoms with E-state index >= 15 is 0 Å². The summed E-state index contributed by atoms with van der Waals surface area (Å²) in [5.41, 5.74) is 0. The van der Waals surface area contributed by atoms with Gasteiger partial charge in [0.15, 0.2) is 0 Å². The number of Topliss-reactive ketones (excluding diaryl/α,β-unsaturated/α-hetero) is 1. The van der Waals surface area contributed by atoms with Crippen LogP contribution in [0.15, 0.2) is 0 Å². The van der Waals surface area contributed by atoms with Gasteiger partial charge >= 0.3 is 0 Å². The maximum atomic E-state index is 10.7. The molecule has 1 aliphatic carbocycles. The second kappa shape index (κ2) is 3.34. The van der Waals surface area contributed by atoms with Crippen LogP contribution in [0.25, 0.3) is 0 Å². The molecule has 0 aromatic heterocycles. The smallest absolute Gasteiger partial charge is 0.293 e. The van der Waals surface area contributed by atoms with Gasteiger partial charge in [-0.05, 0) is 12.8 Å². The maximum Gasteiger partial charge on any atom is 0.293 e. The third kappa shape index (κ3) is 1.83. The van der Waals surface area contributed by atoms with Gasteiger partial charge in [-0.15, -0.1) is 0 Å². The Morgan fingerprint density at radius 1 is 1.40 bits per heavy atom. The molecule has 0 N–H and O–H groups in total. The fraction of sp³-hybridized carbons (Fsp3) is 0.714. The number of ketones is 1. The lowest BCUT2D eigenvalue weighted by Gasteiger charge is -2.18. The molecule has 56 valence electrons. The molecule has 0 aliphatic heterocycles. The second-order valence-corrected chi connectivity index (χ2v) is 2.47. The van der Waals surface area contributed by atoms with Gasteiger partial charge in [-0.25, -0.2) is 0 Å². The highest BCUT2D eigenvalue weighted by Crippen LogP contribution is 2.16. The van der Waals surface area contributed by atoms with Crippen molar-refractivity contribution in [1.82, 2.24) is 0 Å². The van der Waals surface area contributed by atoms with Crippen LogP contribution in [0.1, 0.15) is 25.7 Å². The van der Waals surface area contributed by atoms with Crippen molar-refractivity contribution < 1.29 is 14.3 Å². The quantitative estimate of drug-likeness (QED) is 0.532. The second-order valence-electron chi connectivity index (χ2n) is 2.47. The molecule has 0 unspecified atom stereocenters. The molecule has 10 heavy (non-hydrogen) atoms. The Hall–Kier alpha value is -0.860. The van der Waals surface area contributed by atoms with Crippen LogP contribution in [-0.2, 0) is 14.3 Å². The molecule has 1 rings (SSSR count). The summed E-state index contributed by atoms with van der Waals surface area (Å²) in [6, 6.07) is 0. The summed E-state index contributed by atoms with van der Waals surface area (Å²) in [7, 11) is 0. The predicted molar refractivity (Wildman–Crippen MR) is 34.4 cm³/mol. The molecule has 0 bridgehead atoms. The van der Waals surface area contributed by atoms with E-state index in [-0.39, 0.29) is 11.9 Å². The fourth-order valence-corrected chi connectivity index (χ4v) is 1.13. The van der Waals surface area contributed by atoms with Crippen molar-refractivity contribution in [3.8, 4) is 0 Å². The maximum absolute atomic E-state index is 10.7. The SMILES string of the molecule is O=COC1CCC(=O)CC1. The van der Waals surface area contributed by atoms with Crippen molar-refractivity contribution in [3.05, 3.63) is 0 Å². The van der Waals surface area contributed by atoms with Gasteiger partial charge in [0, 0.05) is 12.8 Å². The van der Waals surface area contributed by atoms with Gasteiger partial charge in [0.25, 0.3) is 6.47 Å². The molecule has 0 aromatic carbocycles. The third-order valence-corrected chi connectivity index (χ3v) is 1.74. The van der Waals surface area contributed by atoms with Crippen LogP contribution in [0.2, 0.25) is 0 Å². The third-order valence-electron chi connectivity index (χ3n) is 1.74. The molecule has 0 saturated heterocycles. The van der Waals surface area contributed by atoms with Crippen molar-refractivity contribution in [2.75, 3.05) is 0 Å². The predicted octanol–water partition coefficient (Wildman–Crippen LogP) is 0.671. The zero-order valence-electron chi connectivity index (χ0n) is 5.71. The Bertz CT molecular complexity index is 132. The van der Waals surface area contributed by atoms with Crippen molar-refractivity contribution >= 4 is 12.3 Å². The summed E-state index contributed by atoms with van der Waals surface area (Å²) in [6.07, 6.45) is 2.54. The topological polar surface area (TPSA) is 43.4 Å². The summed E-state index contributed by atoms with van der Waals surface area (Å²) in [5, 5.41) is 0. The first-order chi connectivity index (χ1) is 4.83. The van der Waals surface area contributed by atoms with E-state index < -0.39 is 0 Å². The van der Waals surface area contributed by atoms with E-state index in [4.69, 9.17) is 4.74 Å². The molecule has 3 nitrogen and oxygen atoms in total. The number of hydrogen-bond donors (Lipinski definition) is 0. The molecule has 1 fully saturated rings. The van der Waals surface area contributed by atoms with E-state index in [1.165, 1.54) is 0 Å². The number of hydrogen-bond acceptors (Lipinski definition) is 3. The van der Waals surface area contributed by atoms with Crippen LogP contribution in [-0.4, -0.2) is 18.4 Å². The summed E-state index contributed by atoms with van der Waals surface area (Å²) in [6.45, 7) is 0.459. The fourth-order valence-electron chi connectivity index (χ4n) is 1.13. The highest BCUT2D eigenvalue weighted by atomic mass is 16.5. The lowest BCUT2D eigenvalue weighted by atomic mass is 9.97. The van der Waals surface area contributed by atoms with Gasteiger partial charge in [0.1, 0.15) is 11.9 Å². The lowest BCUT2D eigenvalue weighted by molar-refractivity contribution is -0.137. The van der Waals surface area contributed by atoms with E-state index in [9.17, 15) is 9.59 Å². The van der Waals surface area contributed by atoms with Gasteiger partial charge in [-0.3, -0.25) is 9.59 Å². The van der Waals surface area contributed by atoms with Crippen molar-refractivity contribution in [1.29, 1.82) is 0 Å². The number of carbonyl (C=O) groups excluding carboxylic acids is 2. The molecule has 0 atom stereocenters. The Labute approximate surface area is 59.4 Å². The molecule has 0 amide bonds. The van der Waals surface area contributed by atoms with Crippen molar-refractivity contribution in [2.24, 2.45) is 0 Å². The Kier molecular flexibility index (Phi) is 2.42. The molecular weight excluding hydrogens is 132 g/mol. The van der Waals surface area contributed by atoms with Gasteiger partial charge in [-0.1, -0.05) is 0 Å². The van der Waals surface area contributed by atoms with E-state index in [1.807, 2.05) is 0 Å². The highest BCUT2D eigenvalue weighted by Gasteiger charge is 2.18. The van der Waals surface area contributed by atoms with Crippen molar-refractivity contribution in [3.63, 3.8) is 0 Å². The van der Waals surface area contributed by atoms with E-state index in [0.717, 1.165) is 0 Å². The Balaban J connectivity index is 2.25. The Morgan fingerprint density at radius 3 is 2.50 bits per heavy atom. The first kappa shape index (κ1) is 7.25. The summed E-state index contributed by atoms with van der Waals surface area (Å²) in [4.78, 5) is 20.5. The zero-order chi connectivity index (χ0) is 7.40. The molecule has 0 aromatic rings. The largest absolute Gasteiger partial charge is 0.465 e. The van der Waals surface area contributed by atoms with Crippen LogP contribution >= 0.6 is 0 Å². The summed E-state index contributed by atoms with van der Waals surface area (Å²) >= 11 is 0. The monoisotopic (exact) mass is 142 g/mol. The van der Waals surface area contributed by atoms with Gasteiger partial charge in [-0.2, -0.15) is 0 Å². The zero-order valence-corrected chi connectivity index (χ0v) is 5.71. The van der Waals surface area contributed by atoms with Gasteiger partial charge < -0.3 is 4.74 Å². The lowest BCUT2D eigenvalue weighted by Crippen LogP contribution is -2.20. The number of rotatable bonds is 2. The molecule has 3 heteroatoms. The first-order valence-corrected chi connectivity index (χ1v) is 3.43.